The van der Waals surface area contributed by atoms with Crippen LogP contribution in [0.5, 0.6) is 0 Å². The maximum Gasteiger partial charge on any atom is 0.247 e. The summed E-state index contributed by atoms with van der Waals surface area (Å²) in [6, 6.07) is 13.9. The molecule has 0 saturated carbocycles. The summed E-state index contributed by atoms with van der Waals surface area (Å²) in [5.41, 5.74) is 2.91. The summed E-state index contributed by atoms with van der Waals surface area (Å²) in [4.78, 5) is 15.3. The van der Waals surface area contributed by atoms with E-state index in [9.17, 15) is 9.18 Å². The van der Waals surface area contributed by atoms with Gasteiger partial charge in [-0.1, -0.05) is 18.2 Å². The van der Waals surface area contributed by atoms with E-state index in [1.54, 1.807) is 12.1 Å². The Labute approximate surface area is 160 Å². The van der Waals surface area contributed by atoms with Crippen molar-refractivity contribution in [3.8, 4) is 11.5 Å². The fraction of sp³-hybridized carbons (Fsp3) is 0.190. The number of carbonyl (C=O) groups excluding carboxylic acids is 1. The van der Waals surface area contributed by atoms with Crippen molar-refractivity contribution in [2.75, 3.05) is 6.54 Å². The molecule has 0 aliphatic rings. The Morgan fingerprint density at radius 3 is 2.75 bits per heavy atom. The van der Waals surface area contributed by atoms with Crippen molar-refractivity contribution in [2.45, 2.75) is 19.3 Å². The number of rotatable bonds is 7. The molecule has 2 aromatic heterocycles. The van der Waals surface area contributed by atoms with Crippen LogP contribution in [0.25, 0.3) is 22.4 Å². The molecule has 2 N–H and O–H groups in total. The minimum Gasteiger partial charge on any atom is -0.421 e. The third kappa shape index (κ3) is 4.09. The molecule has 0 atom stereocenters. The molecular formula is C21H19FN4O2. The number of H-pyrrole nitrogens is 1. The second kappa shape index (κ2) is 8.04. The van der Waals surface area contributed by atoms with Crippen LogP contribution in [0.4, 0.5) is 4.39 Å². The lowest BCUT2D eigenvalue weighted by atomic mass is 10.1. The van der Waals surface area contributed by atoms with Gasteiger partial charge in [-0.15, -0.1) is 10.2 Å². The van der Waals surface area contributed by atoms with Gasteiger partial charge in [-0.05, 0) is 42.3 Å². The van der Waals surface area contributed by atoms with Crippen LogP contribution in [-0.4, -0.2) is 27.6 Å². The molecule has 0 saturated heterocycles. The highest BCUT2D eigenvalue weighted by Crippen LogP contribution is 2.19. The molecule has 1 amide bonds. The van der Waals surface area contributed by atoms with E-state index in [1.165, 1.54) is 23.1 Å². The van der Waals surface area contributed by atoms with Crippen molar-refractivity contribution >= 4 is 16.8 Å². The molecule has 7 heteroatoms. The number of para-hydroxylation sites is 1. The summed E-state index contributed by atoms with van der Waals surface area (Å²) in [6.45, 7) is 0.561. The van der Waals surface area contributed by atoms with E-state index in [0.29, 0.717) is 30.3 Å². The van der Waals surface area contributed by atoms with Crippen LogP contribution in [0.3, 0.4) is 0 Å². The van der Waals surface area contributed by atoms with Crippen LogP contribution >= 0.6 is 0 Å². The van der Waals surface area contributed by atoms with Crippen LogP contribution in [0, 0.1) is 5.82 Å². The summed E-state index contributed by atoms with van der Waals surface area (Å²) in [5, 5.41) is 12.0. The van der Waals surface area contributed by atoms with E-state index in [-0.39, 0.29) is 18.1 Å². The molecule has 28 heavy (non-hydrogen) atoms. The molecule has 0 radical (unpaired) electrons. The second-order valence-corrected chi connectivity index (χ2v) is 6.47. The number of hydrogen-bond acceptors (Lipinski definition) is 4. The van der Waals surface area contributed by atoms with Crippen LogP contribution in [0.2, 0.25) is 0 Å². The van der Waals surface area contributed by atoms with E-state index in [4.69, 9.17) is 4.42 Å². The maximum absolute atomic E-state index is 13.0. The van der Waals surface area contributed by atoms with Gasteiger partial charge in [0, 0.05) is 42.0 Å². The summed E-state index contributed by atoms with van der Waals surface area (Å²) in [5.74, 6) is 0.301. The number of aromatic nitrogens is 3. The number of halogens is 1. The quantitative estimate of drug-likeness (QED) is 0.514. The Morgan fingerprint density at radius 2 is 1.89 bits per heavy atom. The number of amides is 1. The zero-order chi connectivity index (χ0) is 19.3. The van der Waals surface area contributed by atoms with Crippen molar-refractivity contribution in [2.24, 2.45) is 0 Å². The van der Waals surface area contributed by atoms with Gasteiger partial charge in [0.25, 0.3) is 0 Å². The van der Waals surface area contributed by atoms with Gasteiger partial charge in [-0.2, -0.15) is 0 Å². The lowest BCUT2D eigenvalue weighted by Crippen LogP contribution is -2.25. The first-order valence-electron chi connectivity index (χ1n) is 9.09. The Bertz CT molecular complexity index is 1090. The largest absolute Gasteiger partial charge is 0.421 e. The highest BCUT2D eigenvalue weighted by atomic mass is 19.1. The number of benzene rings is 2. The van der Waals surface area contributed by atoms with Crippen molar-refractivity contribution in [1.82, 2.24) is 20.5 Å². The van der Waals surface area contributed by atoms with Gasteiger partial charge in [-0.25, -0.2) is 4.39 Å². The molecule has 0 aliphatic carbocycles. The van der Waals surface area contributed by atoms with Crippen molar-refractivity contribution in [3.05, 3.63) is 72.0 Å². The molecule has 0 aliphatic heterocycles. The SMILES string of the molecule is O=C(CCc1nnc(-c2ccc(F)cc2)o1)NCCc1c[nH]c2ccccc12. The van der Waals surface area contributed by atoms with Gasteiger partial charge >= 0.3 is 0 Å². The Morgan fingerprint density at radius 1 is 1.07 bits per heavy atom. The van der Waals surface area contributed by atoms with Gasteiger partial charge < -0.3 is 14.7 Å². The monoisotopic (exact) mass is 378 g/mol. The van der Waals surface area contributed by atoms with Crippen molar-refractivity contribution in [3.63, 3.8) is 0 Å². The zero-order valence-electron chi connectivity index (χ0n) is 15.1. The van der Waals surface area contributed by atoms with Crippen LogP contribution in [0.15, 0.2) is 59.1 Å². The highest BCUT2D eigenvalue weighted by Gasteiger charge is 2.11. The van der Waals surface area contributed by atoms with Gasteiger partial charge in [-0.3, -0.25) is 4.79 Å². The molecule has 2 aromatic carbocycles. The fourth-order valence-electron chi connectivity index (χ4n) is 3.05. The maximum atomic E-state index is 13.0. The number of aryl methyl sites for hydroxylation is 1. The van der Waals surface area contributed by atoms with E-state index < -0.39 is 0 Å². The zero-order valence-corrected chi connectivity index (χ0v) is 15.1. The van der Waals surface area contributed by atoms with Gasteiger partial charge in [0.15, 0.2) is 0 Å². The van der Waals surface area contributed by atoms with Crippen LogP contribution in [0.1, 0.15) is 17.9 Å². The minimum absolute atomic E-state index is 0.0682. The lowest BCUT2D eigenvalue weighted by Gasteiger charge is -2.03. The first-order valence-corrected chi connectivity index (χ1v) is 9.09. The molecule has 4 aromatic rings. The normalized spacial score (nSPS) is 11.0. The number of hydrogen-bond donors (Lipinski definition) is 2. The molecule has 142 valence electrons. The molecule has 0 fully saturated rings. The van der Waals surface area contributed by atoms with Gasteiger partial charge in [0.2, 0.25) is 17.7 Å². The van der Waals surface area contributed by atoms with E-state index >= 15 is 0 Å². The van der Waals surface area contributed by atoms with Crippen LogP contribution < -0.4 is 5.32 Å². The smallest absolute Gasteiger partial charge is 0.247 e. The number of fused-ring (bicyclic) bond motifs is 1. The summed E-state index contributed by atoms with van der Waals surface area (Å²) in [7, 11) is 0. The first-order chi connectivity index (χ1) is 13.7. The Kier molecular flexibility index (Phi) is 5.14. The third-order valence-corrected chi connectivity index (χ3v) is 4.52. The third-order valence-electron chi connectivity index (χ3n) is 4.52. The molecule has 6 nitrogen and oxygen atoms in total. The standard InChI is InChI=1S/C21H19FN4O2/c22-16-7-5-14(6-8-16)21-26-25-20(28-21)10-9-19(27)23-12-11-15-13-24-18-4-2-1-3-17(15)18/h1-8,13,24H,9-12H2,(H,23,27). The molecule has 2 heterocycles. The number of nitrogens with one attached hydrogen (secondary N) is 2. The summed E-state index contributed by atoms with van der Waals surface area (Å²) in [6.07, 6.45) is 3.35. The second-order valence-electron chi connectivity index (χ2n) is 6.47. The van der Waals surface area contributed by atoms with Gasteiger partial charge in [0.05, 0.1) is 0 Å². The van der Waals surface area contributed by atoms with Gasteiger partial charge in [0.1, 0.15) is 5.82 Å². The van der Waals surface area contributed by atoms with E-state index in [2.05, 4.69) is 26.6 Å². The number of carbonyl (C=O) groups is 1. The molecular weight excluding hydrogens is 359 g/mol. The van der Waals surface area contributed by atoms with E-state index in [0.717, 1.165) is 11.9 Å². The molecule has 4 rings (SSSR count). The van der Waals surface area contributed by atoms with Crippen LogP contribution in [-0.2, 0) is 17.6 Å². The number of aromatic amines is 1. The average molecular weight is 378 g/mol. The predicted molar refractivity (Wildman–Crippen MR) is 103 cm³/mol. The Balaban J connectivity index is 1.25. The molecule has 0 spiro atoms. The molecule has 0 bridgehead atoms. The lowest BCUT2D eigenvalue weighted by molar-refractivity contribution is -0.121. The highest BCUT2D eigenvalue weighted by molar-refractivity contribution is 5.83. The van der Waals surface area contributed by atoms with E-state index in [1.807, 2.05) is 24.4 Å². The van der Waals surface area contributed by atoms with Crippen molar-refractivity contribution in [1.29, 1.82) is 0 Å². The topological polar surface area (TPSA) is 83.8 Å². The summed E-state index contributed by atoms with van der Waals surface area (Å²) >= 11 is 0. The molecule has 0 unspecified atom stereocenters. The minimum atomic E-state index is -0.326. The predicted octanol–water partition coefficient (Wildman–Crippen LogP) is 3.65. The summed E-state index contributed by atoms with van der Waals surface area (Å²) < 4.78 is 18.5. The number of nitrogens with zero attached hydrogens (tertiary/aromatic N) is 2. The fourth-order valence-corrected chi connectivity index (χ4v) is 3.05. The first kappa shape index (κ1) is 17.9. The Hall–Kier alpha value is -3.48. The van der Waals surface area contributed by atoms with Crippen molar-refractivity contribution < 1.29 is 13.6 Å². The average Bonchev–Trinajstić information content (AvgIpc) is 3.35.